The Morgan fingerprint density at radius 2 is 2.03 bits per heavy atom. The van der Waals surface area contributed by atoms with E-state index in [0.717, 1.165) is 11.6 Å². The minimum absolute atomic E-state index is 0.0410. The first-order chi connectivity index (χ1) is 14.0. The summed E-state index contributed by atoms with van der Waals surface area (Å²) in [5.74, 6) is 0.403. The van der Waals surface area contributed by atoms with Crippen molar-refractivity contribution >= 4 is 28.6 Å². The van der Waals surface area contributed by atoms with Crippen molar-refractivity contribution in [2.24, 2.45) is 0 Å². The minimum Gasteiger partial charge on any atom is -0.484 e. The summed E-state index contributed by atoms with van der Waals surface area (Å²) >= 11 is 5.92. The summed E-state index contributed by atoms with van der Waals surface area (Å²) in [4.78, 5) is 16.8. The molecule has 1 N–H and O–H groups in total. The monoisotopic (exact) mass is 414 g/mol. The van der Waals surface area contributed by atoms with E-state index in [9.17, 15) is 9.18 Å². The number of benzene rings is 2. The van der Waals surface area contributed by atoms with Gasteiger partial charge in [-0.05, 0) is 49.4 Å². The Hall–Kier alpha value is -3.32. The summed E-state index contributed by atoms with van der Waals surface area (Å²) in [5.41, 5.74) is 1.38. The van der Waals surface area contributed by atoms with Gasteiger partial charge in [-0.1, -0.05) is 23.7 Å². The average Bonchev–Trinajstić information content (AvgIpc) is 3.34. The Kier molecular flexibility index (Phi) is 5.22. The van der Waals surface area contributed by atoms with Gasteiger partial charge in [0.1, 0.15) is 35.5 Å². The molecule has 0 aliphatic carbocycles. The molecule has 8 heteroatoms. The maximum atomic E-state index is 13.1. The quantitative estimate of drug-likeness (QED) is 0.464. The van der Waals surface area contributed by atoms with Crippen LogP contribution in [0.1, 0.15) is 35.2 Å². The molecule has 4 aromatic rings. The zero-order valence-corrected chi connectivity index (χ0v) is 16.1. The van der Waals surface area contributed by atoms with E-state index in [4.69, 9.17) is 25.2 Å². The van der Waals surface area contributed by atoms with Gasteiger partial charge in [0.05, 0.1) is 5.02 Å². The number of para-hydroxylation sites is 2. The number of aromatic nitrogens is 1. The number of oxazole rings is 1. The van der Waals surface area contributed by atoms with E-state index in [0.29, 0.717) is 23.0 Å². The number of rotatable bonds is 6. The van der Waals surface area contributed by atoms with Crippen molar-refractivity contribution in [3.63, 3.8) is 0 Å². The molecular weight excluding hydrogens is 399 g/mol. The third-order valence-corrected chi connectivity index (χ3v) is 4.47. The van der Waals surface area contributed by atoms with Crippen LogP contribution >= 0.6 is 11.6 Å². The van der Waals surface area contributed by atoms with Crippen LogP contribution in [0.3, 0.4) is 0 Å². The number of carbonyl (C=O) groups is 1. The summed E-state index contributed by atoms with van der Waals surface area (Å²) in [5, 5.41) is 2.94. The number of halogens is 2. The van der Waals surface area contributed by atoms with Gasteiger partial charge in [0.2, 0.25) is 5.89 Å². The van der Waals surface area contributed by atoms with Crippen LogP contribution in [0.5, 0.6) is 5.75 Å². The van der Waals surface area contributed by atoms with E-state index in [1.54, 1.807) is 19.1 Å². The number of amides is 1. The van der Waals surface area contributed by atoms with Crippen LogP contribution in [0.4, 0.5) is 4.39 Å². The number of carbonyl (C=O) groups excluding carboxylic acids is 1. The lowest BCUT2D eigenvalue weighted by Gasteiger charge is -2.09. The van der Waals surface area contributed by atoms with Crippen molar-refractivity contribution in [1.29, 1.82) is 0 Å². The van der Waals surface area contributed by atoms with Crippen molar-refractivity contribution in [2.75, 3.05) is 0 Å². The third kappa shape index (κ3) is 4.25. The normalized spacial score (nSPS) is 12.1. The largest absolute Gasteiger partial charge is 0.484 e. The molecule has 148 valence electrons. The number of ether oxygens (including phenoxy) is 1. The van der Waals surface area contributed by atoms with Crippen molar-refractivity contribution in [3.05, 3.63) is 82.8 Å². The second kappa shape index (κ2) is 7.97. The topological polar surface area (TPSA) is 77.5 Å². The van der Waals surface area contributed by atoms with Crippen LogP contribution in [0.25, 0.3) is 11.1 Å². The van der Waals surface area contributed by atoms with E-state index in [-0.39, 0.29) is 17.4 Å². The molecule has 0 saturated heterocycles. The second-order valence-corrected chi connectivity index (χ2v) is 6.75. The molecule has 0 spiro atoms. The third-order valence-electron chi connectivity index (χ3n) is 4.18. The Morgan fingerprint density at radius 3 is 2.83 bits per heavy atom. The summed E-state index contributed by atoms with van der Waals surface area (Å²) in [7, 11) is 0. The lowest BCUT2D eigenvalue weighted by atomic mass is 10.3. The molecule has 0 aliphatic heterocycles. The predicted octanol–water partition coefficient (Wildman–Crippen LogP) is 5.28. The molecule has 0 bridgehead atoms. The van der Waals surface area contributed by atoms with Gasteiger partial charge in [-0.25, -0.2) is 9.37 Å². The van der Waals surface area contributed by atoms with E-state index < -0.39 is 17.8 Å². The van der Waals surface area contributed by atoms with Gasteiger partial charge in [-0.3, -0.25) is 4.79 Å². The highest BCUT2D eigenvalue weighted by molar-refractivity contribution is 6.32. The fourth-order valence-corrected chi connectivity index (χ4v) is 2.95. The summed E-state index contributed by atoms with van der Waals surface area (Å²) in [6, 6.07) is 13.9. The van der Waals surface area contributed by atoms with Crippen LogP contribution in [0.15, 0.2) is 63.4 Å². The molecule has 2 heterocycles. The molecule has 0 radical (unpaired) electrons. The highest BCUT2D eigenvalue weighted by Crippen LogP contribution is 2.26. The first kappa shape index (κ1) is 19.0. The van der Waals surface area contributed by atoms with Crippen LogP contribution < -0.4 is 10.1 Å². The fourth-order valence-electron chi connectivity index (χ4n) is 2.72. The molecular formula is C21H16ClFN2O4. The van der Waals surface area contributed by atoms with E-state index >= 15 is 0 Å². The Bertz CT molecular complexity index is 1140. The smallest absolute Gasteiger partial charge is 0.287 e. The molecule has 2 aromatic carbocycles. The first-order valence-electron chi connectivity index (χ1n) is 8.82. The maximum Gasteiger partial charge on any atom is 0.287 e. The van der Waals surface area contributed by atoms with E-state index in [1.165, 1.54) is 12.1 Å². The Morgan fingerprint density at radius 1 is 1.21 bits per heavy atom. The van der Waals surface area contributed by atoms with Gasteiger partial charge in [-0.2, -0.15) is 0 Å². The van der Waals surface area contributed by atoms with Crippen LogP contribution in [-0.2, 0) is 6.61 Å². The van der Waals surface area contributed by atoms with Crippen molar-refractivity contribution < 1.29 is 22.8 Å². The van der Waals surface area contributed by atoms with Crippen molar-refractivity contribution in [1.82, 2.24) is 10.3 Å². The molecule has 6 nitrogen and oxygen atoms in total. The number of hydrogen-bond acceptors (Lipinski definition) is 5. The average molecular weight is 415 g/mol. The molecule has 4 rings (SSSR count). The fraction of sp³-hybridized carbons (Fsp3) is 0.143. The van der Waals surface area contributed by atoms with Crippen molar-refractivity contribution in [3.8, 4) is 5.75 Å². The van der Waals surface area contributed by atoms with Gasteiger partial charge in [-0.15, -0.1) is 0 Å². The van der Waals surface area contributed by atoms with Gasteiger partial charge in [0.25, 0.3) is 5.91 Å². The van der Waals surface area contributed by atoms with Crippen LogP contribution in [-0.4, -0.2) is 10.9 Å². The summed E-state index contributed by atoms with van der Waals surface area (Å²) < 4.78 is 29.8. The standard InChI is InChI=1S/C21H16ClFN2O4/c1-12(21-25-16-4-2-3-5-18(16)29-21)24-20(26)19-9-7-14(28-19)11-27-17-8-6-13(23)10-15(17)22/h2-10,12H,11H2,1H3,(H,24,26). The lowest BCUT2D eigenvalue weighted by molar-refractivity contribution is 0.0902. The molecule has 1 amide bonds. The maximum absolute atomic E-state index is 13.1. The molecule has 1 unspecified atom stereocenters. The number of hydrogen-bond donors (Lipinski definition) is 1. The first-order valence-corrected chi connectivity index (χ1v) is 9.20. The van der Waals surface area contributed by atoms with Gasteiger partial charge in [0.15, 0.2) is 11.3 Å². The lowest BCUT2D eigenvalue weighted by Crippen LogP contribution is -2.26. The molecule has 29 heavy (non-hydrogen) atoms. The summed E-state index contributed by atoms with van der Waals surface area (Å²) in [6.45, 7) is 1.81. The Labute approximate surface area is 170 Å². The molecule has 0 saturated carbocycles. The zero-order chi connectivity index (χ0) is 20.4. The molecule has 0 fully saturated rings. The minimum atomic E-state index is -0.452. The van der Waals surface area contributed by atoms with Gasteiger partial charge >= 0.3 is 0 Å². The summed E-state index contributed by atoms with van der Waals surface area (Å²) in [6.07, 6.45) is 0. The van der Waals surface area contributed by atoms with Crippen LogP contribution in [0, 0.1) is 5.82 Å². The number of nitrogens with one attached hydrogen (secondary N) is 1. The van der Waals surface area contributed by atoms with E-state index in [2.05, 4.69) is 10.3 Å². The predicted molar refractivity (Wildman–Crippen MR) is 104 cm³/mol. The number of fused-ring (bicyclic) bond motifs is 1. The highest BCUT2D eigenvalue weighted by Gasteiger charge is 2.19. The van der Waals surface area contributed by atoms with Crippen molar-refractivity contribution in [2.45, 2.75) is 19.6 Å². The molecule has 2 aromatic heterocycles. The number of nitrogens with zero attached hydrogens (tertiary/aromatic N) is 1. The second-order valence-electron chi connectivity index (χ2n) is 6.34. The van der Waals surface area contributed by atoms with E-state index in [1.807, 2.05) is 24.3 Å². The number of furan rings is 1. The zero-order valence-electron chi connectivity index (χ0n) is 15.3. The SMILES string of the molecule is CC(NC(=O)c1ccc(COc2ccc(F)cc2Cl)o1)c1nc2ccccc2o1. The highest BCUT2D eigenvalue weighted by atomic mass is 35.5. The Balaban J connectivity index is 1.38. The van der Waals surface area contributed by atoms with Crippen LogP contribution in [0.2, 0.25) is 5.02 Å². The van der Waals surface area contributed by atoms with Gasteiger partial charge < -0.3 is 18.9 Å². The molecule has 1 atom stereocenters. The van der Waals surface area contributed by atoms with Gasteiger partial charge in [0, 0.05) is 0 Å². The molecule has 0 aliphatic rings.